The van der Waals surface area contributed by atoms with E-state index in [9.17, 15) is 14.0 Å². The number of thiophene rings is 1. The number of benzene rings is 2. The SMILES string of the molecule is CCOC(=O)c1c(-c2ccc(F)cc2)csc1NC(=O)COc1ccc(C(C)(C)C)cc1. The Balaban J connectivity index is 1.74. The summed E-state index contributed by atoms with van der Waals surface area (Å²) in [5, 5.41) is 4.83. The lowest BCUT2D eigenvalue weighted by molar-refractivity contribution is -0.118. The Kier molecular flexibility index (Phi) is 7.30. The maximum atomic E-state index is 13.3. The number of hydrogen-bond acceptors (Lipinski definition) is 5. The first-order chi connectivity index (χ1) is 15.2. The van der Waals surface area contributed by atoms with E-state index in [1.807, 2.05) is 24.3 Å². The summed E-state index contributed by atoms with van der Waals surface area (Å²) in [5.41, 5.74) is 2.66. The molecule has 3 aromatic rings. The maximum Gasteiger partial charge on any atom is 0.341 e. The number of carbonyl (C=O) groups is 2. The quantitative estimate of drug-likeness (QED) is 0.441. The molecule has 0 fully saturated rings. The molecule has 168 valence electrons. The normalized spacial score (nSPS) is 11.2. The molecule has 0 atom stereocenters. The fourth-order valence-electron chi connectivity index (χ4n) is 3.06. The van der Waals surface area contributed by atoms with Gasteiger partial charge in [-0.15, -0.1) is 11.3 Å². The van der Waals surface area contributed by atoms with Gasteiger partial charge in [0.05, 0.1) is 6.61 Å². The minimum atomic E-state index is -0.554. The van der Waals surface area contributed by atoms with Crippen LogP contribution in [0.1, 0.15) is 43.6 Å². The summed E-state index contributed by atoms with van der Waals surface area (Å²) in [7, 11) is 0. The topological polar surface area (TPSA) is 64.6 Å². The van der Waals surface area contributed by atoms with Crippen LogP contribution in [0, 0.1) is 5.82 Å². The molecule has 1 N–H and O–H groups in total. The largest absolute Gasteiger partial charge is 0.484 e. The second-order valence-corrected chi connectivity index (χ2v) is 9.07. The smallest absolute Gasteiger partial charge is 0.341 e. The van der Waals surface area contributed by atoms with Crippen LogP contribution in [0.15, 0.2) is 53.9 Å². The van der Waals surface area contributed by atoms with E-state index in [0.29, 0.717) is 21.9 Å². The van der Waals surface area contributed by atoms with Crippen molar-refractivity contribution in [2.45, 2.75) is 33.1 Å². The van der Waals surface area contributed by atoms with E-state index in [1.54, 1.807) is 24.4 Å². The number of hydrogen-bond donors (Lipinski definition) is 1. The zero-order valence-corrected chi connectivity index (χ0v) is 19.3. The fraction of sp³-hybridized carbons (Fsp3) is 0.280. The molecule has 5 nitrogen and oxygen atoms in total. The number of carbonyl (C=O) groups excluding carboxylic acids is 2. The Morgan fingerprint density at radius 2 is 1.69 bits per heavy atom. The highest BCUT2D eigenvalue weighted by Gasteiger charge is 2.23. The van der Waals surface area contributed by atoms with Crippen LogP contribution in [0.3, 0.4) is 0 Å². The lowest BCUT2D eigenvalue weighted by Gasteiger charge is -2.19. The summed E-state index contributed by atoms with van der Waals surface area (Å²) in [6, 6.07) is 13.4. The molecule has 0 saturated carbocycles. The lowest BCUT2D eigenvalue weighted by atomic mass is 9.87. The van der Waals surface area contributed by atoms with Crippen molar-refractivity contribution >= 4 is 28.2 Å². The summed E-state index contributed by atoms with van der Waals surface area (Å²) in [6.07, 6.45) is 0. The summed E-state index contributed by atoms with van der Waals surface area (Å²) in [6.45, 7) is 8.06. The molecule has 1 amide bonds. The van der Waals surface area contributed by atoms with Gasteiger partial charge in [-0.2, -0.15) is 0 Å². The fourth-order valence-corrected chi connectivity index (χ4v) is 4.03. The van der Waals surface area contributed by atoms with Gasteiger partial charge in [0.2, 0.25) is 0 Å². The van der Waals surface area contributed by atoms with Gasteiger partial charge in [0.25, 0.3) is 5.91 Å². The Morgan fingerprint density at radius 3 is 2.28 bits per heavy atom. The number of nitrogens with one attached hydrogen (secondary N) is 1. The molecule has 2 aromatic carbocycles. The monoisotopic (exact) mass is 455 g/mol. The minimum Gasteiger partial charge on any atom is -0.484 e. The van der Waals surface area contributed by atoms with Gasteiger partial charge in [-0.05, 0) is 47.7 Å². The molecule has 1 aromatic heterocycles. The van der Waals surface area contributed by atoms with Crippen molar-refractivity contribution in [1.82, 2.24) is 0 Å². The summed E-state index contributed by atoms with van der Waals surface area (Å²) in [5.74, 6) is -0.746. The molecule has 1 heterocycles. The Bertz CT molecular complexity index is 1080. The maximum absolute atomic E-state index is 13.3. The third-order valence-electron chi connectivity index (χ3n) is 4.77. The number of ether oxygens (including phenoxy) is 2. The zero-order chi connectivity index (χ0) is 23.3. The Labute approximate surface area is 191 Å². The standard InChI is InChI=1S/C25H26FNO4S/c1-5-30-24(29)22-20(16-6-10-18(26)11-7-16)15-32-23(22)27-21(28)14-31-19-12-8-17(9-13-19)25(2,3)4/h6-13,15H,5,14H2,1-4H3,(H,27,28). The van der Waals surface area contributed by atoms with E-state index < -0.39 is 11.9 Å². The Hall–Kier alpha value is -3.19. The van der Waals surface area contributed by atoms with Gasteiger partial charge in [-0.1, -0.05) is 45.0 Å². The van der Waals surface area contributed by atoms with Crippen LogP contribution in [0.2, 0.25) is 0 Å². The second-order valence-electron chi connectivity index (χ2n) is 8.19. The number of anilines is 1. The lowest BCUT2D eigenvalue weighted by Crippen LogP contribution is -2.21. The first-order valence-corrected chi connectivity index (χ1v) is 11.1. The van der Waals surface area contributed by atoms with Crippen molar-refractivity contribution in [1.29, 1.82) is 0 Å². The number of halogens is 1. The van der Waals surface area contributed by atoms with Crippen molar-refractivity contribution in [2.24, 2.45) is 0 Å². The summed E-state index contributed by atoms with van der Waals surface area (Å²) < 4.78 is 24.1. The van der Waals surface area contributed by atoms with E-state index in [1.165, 1.54) is 29.0 Å². The average molecular weight is 456 g/mol. The van der Waals surface area contributed by atoms with Gasteiger partial charge >= 0.3 is 5.97 Å². The van der Waals surface area contributed by atoms with Crippen LogP contribution >= 0.6 is 11.3 Å². The third kappa shape index (κ3) is 5.73. The molecule has 0 aliphatic heterocycles. The van der Waals surface area contributed by atoms with Crippen LogP contribution in [0.5, 0.6) is 5.75 Å². The van der Waals surface area contributed by atoms with Gasteiger partial charge in [-0.3, -0.25) is 4.79 Å². The number of esters is 1. The highest BCUT2D eigenvalue weighted by Crippen LogP contribution is 2.36. The predicted octanol–water partition coefficient (Wildman–Crippen LogP) is 6.05. The van der Waals surface area contributed by atoms with Crippen LogP contribution in [-0.4, -0.2) is 25.1 Å². The average Bonchev–Trinajstić information content (AvgIpc) is 3.16. The van der Waals surface area contributed by atoms with Gasteiger partial charge in [-0.25, -0.2) is 9.18 Å². The molecule has 32 heavy (non-hydrogen) atoms. The van der Waals surface area contributed by atoms with E-state index in [-0.39, 0.29) is 30.0 Å². The molecular formula is C25H26FNO4S. The van der Waals surface area contributed by atoms with Gasteiger partial charge in [0, 0.05) is 10.9 Å². The highest BCUT2D eigenvalue weighted by molar-refractivity contribution is 7.15. The molecule has 0 radical (unpaired) electrons. The molecule has 0 saturated heterocycles. The first-order valence-electron chi connectivity index (χ1n) is 10.3. The van der Waals surface area contributed by atoms with E-state index in [2.05, 4.69) is 26.1 Å². The highest BCUT2D eigenvalue weighted by atomic mass is 32.1. The number of amides is 1. The third-order valence-corrected chi connectivity index (χ3v) is 5.66. The van der Waals surface area contributed by atoms with Crippen molar-refractivity contribution < 1.29 is 23.5 Å². The van der Waals surface area contributed by atoms with Crippen molar-refractivity contribution in [3.63, 3.8) is 0 Å². The molecule has 0 bridgehead atoms. The van der Waals surface area contributed by atoms with Gasteiger partial charge in [0.1, 0.15) is 22.1 Å². The Morgan fingerprint density at radius 1 is 1.03 bits per heavy atom. The first kappa shape index (κ1) is 23.5. The molecule has 0 unspecified atom stereocenters. The minimum absolute atomic E-state index is 0.0286. The predicted molar refractivity (Wildman–Crippen MR) is 125 cm³/mol. The zero-order valence-electron chi connectivity index (χ0n) is 18.5. The molecule has 3 rings (SSSR count). The van der Waals surface area contributed by atoms with E-state index in [0.717, 1.165) is 0 Å². The molecule has 0 aliphatic rings. The molecule has 0 aliphatic carbocycles. The van der Waals surface area contributed by atoms with Gasteiger partial charge in [0.15, 0.2) is 6.61 Å². The van der Waals surface area contributed by atoms with Gasteiger partial charge < -0.3 is 14.8 Å². The van der Waals surface area contributed by atoms with E-state index >= 15 is 0 Å². The van der Waals surface area contributed by atoms with Crippen molar-refractivity contribution in [3.05, 3.63) is 70.9 Å². The van der Waals surface area contributed by atoms with Crippen LogP contribution in [0.25, 0.3) is 11.1 Å². The second kappa shape index (κ2) is 9.96. The van der Waals surface area contributed by atoms with Crippen LogP contribution < -0.4 is 10.1 Å². The van der Waals surface area contributed by atoms with E-state index in [4.69, 9.17) is 9.47 Å². The van der Waals surface area contributed by atoms with Crippen LogP contribution in [0.4, 0.5) is 9.39 Å². The van der Waals surface area contributed by atoms with Crippen molar-refractivity contribution in [2.75, 3.05) is 18.5 Å². The summed E-state index contributed by atoms with van der Waals surface area (Å²) in [4.78, 5) is 25.1. The molecule has 7 heteroatoms. The summed E-state index contributed by atoms with van der Waals surface area (Å²) >= 11 is 1.20. The molecule has 0 spiro atoms. The van der Waals surface area contributed by atoms with Crippen molar-refractivity contribution in [3.8, 4) is 16.9 Å². The molecular weight excluding hydrogens is 429 g/mol. The van der Waals surface area contributed by atoms with Crippen LogP contribution in [-0.2, 0) is 14.9 Å². The number of rotatable bonds is 7.